The van der Waals surface area contributed by atoms with Crippen LogP contribution in [0.4, 0.5) is 0 Å². The zero-order valence-electron chi connectivity index (χ0n) is 22.5. The first-order valence-electron chi connectivity index (χ1n) is 13.9. The molecular formula is C28H57NO2P+. The maximum absolute atomic E-state index is 12.1. The molecule has 4 heteroatoms. The van der Waals surface area contributed by atoms with E-state index in [9.17, 15) is 9.46 Å². The van der Waals surface area contributed by atoms with E-state index in [0.717, 1.165) is 25.7 Å². The molecule has 0 rings (SSSR count). The molecule has 0 fully saturated rings. The summed E-state index contributed by atoms with van der Waals surface area (Å²) in [5.41, 5.74) is 0. The Morgan fingerprint density at radius 1 is 0.625 bits per heavy atom. The van der Waals surface area contributed by atoms with Crippen molar-refractivity contribution in [2.45, 2.75) is 148 Å². The monoisotopic (exact) mass is 470 g/mol. The second-order valence-electron chi connectivity index (χ2n) is 10.8. The average Bonchev–Trinajstić information content (AvgIpc) is 2.73. The average molecular weight is 471 g/mol. The van der Waals surface area contributed by atoms with Crippen LogP contribution in [-0.4, -0.2) is 30.9 Å². The highest BCUT2D eigenvalue weighted by atomic mass is 31.1. The zero-order valence-corrected chi connectivity index (χ0v) is 23.4. The molecule has 3 nitrogen and oxygen atoms in total. The summed E-state index contributed by atoms with van der Waals surface area (Å²) >= 11 is 0. The molecule has 0 spiro atoms. The predicted octanol–water partition coefficient (Wildman–Crippen LogP) is 8.89. The predicted molar refractivity (Wildman–Crippen MR) is 141 cm³/mol. The molecule has 2 atom stereocenters. The second-order valence-corrected chi connectivity index (χ2v) is 12.1. The molecule has 32 heavy (non-hydrogen) atoms. The van der Waals surface area contributed by atoms with Crippen LogP contribution in [0, 0.1) is 0 Å². The summed E-state index contributed by atoms with van der Waals surface area (Å²) in [7, 11) is 3.69. The molecular weight excluding hydrogens is 413 g/mol. The molecule has 0 aliphatic heterocycles. The van der Waals surface area contributed by atoms with Gasteiger partial charge in [0.2, 0.25) is 0 Å². The van der Waals surface area contributed by atoms with Crippen molar-refractivity contribution in [1.29, 1.82) is 0 Å². The van der Waals surface area contributed by atoms with Gasteiger partial charge in [0, 0.05) is 12.8 Å². The molecule has 0 aliphatic rings. The Labute approximate surface area is 202 Å². The number of allylic oxidation sites excluding steroid dienone is 2. The minimum Gasteiger partial charge on any atom is -0.590 e. The van der Waals surface area contributed by atoms with Gasteiger partial charge in [0.1, 0.15) is 0 Å². The lowest BCUT2D eigenvalue weighted by molar-refractivity contribution is -0.910. The quantitative estimate of drug-likeness (QED) is 0.0647. The third-order valence-electron chi connectivity index (χ3n) is 7.08. The van der Waals surface area contributed by atoms with Crippen LogP contribution in [0.25, 0.3) is 0 Å². The number of rotatable bonds is 23. The van der Waals surface area contributed by atoms with E-state index < -0.39 is 13.3 Å². The van der Waals surface area contributed by atoms with Crippen molar-refractivity contribution in [2.24, 2.45) is 0 Å². The highest BCUT2D eigenvalue weighted by molar-refractivity contribution is 7.38. The number of nitrogens with zero attached hydrogens (tertiary/aromatic N) is 1. The number of unbranched alkanes of at least 4 members (excludes halogenated alkanes) is 15. The van der Waals surface area contributed by atoms with Gasteiger partial charge in [-0.2, -0.15) is 0 Å². The third kappa shape index (κ3) is 14.8. The van der Waals surface area contributed by atoms with Gasteiger partial charge >= 0.3 is 8.03 Å². The Balaban J connectivity index is 3.60. The van der Waals surface area contributed by atoms with Gasteiger partial charge in [-0.3, -0.25) is 4.48 Å². The lowest BCUT2D eigenvalue weighted by Crippen LogP contribution is -2.55. The van der Waals surface area contributed by atoms with Crippen LogP contribution in [0.2, 0.25) is 0 Å². The Bertz CT molecular complexity index is 473. The van der Waals surface area contributed by atoms with Gasteiger partial charge in [0.05, 0.1) is 21.1 Å². The summed E-state index contributed by atoms with van der Waals surface area (Å²) in [6.45, 7) is 4.36. The van der Waals surface area contributed by atoms with E-state index in [4.69, 9.17) is 0 Å². The molecule has 0 saturated heterocycles. The molecule has 0 aromatic rings. The van der Waals surface area contributed by atoms with Crippen molar-refractivity contribution in [3.8, 4) is 0 Å². The van der Waals surface area contributed by atoms with E-state index >= 15 is 0 Å². The lowest BCUT2D eigenvalue weighted by Gasteiger charge is -2.39. The maximum atomic E-state index is 12.1. The molecule has 0 aliphatic carbocycles. The van der Waals surface area contributed by atoms with Crippen LogP contribution in [-0.2, 0) is 4.57 Å². The van der Waals surface area contributed by atoms with Gasteiger partial charge in [-0.1, -0.05) is 108 Å². The van der Waals surface area contributed by atoms with E-state index in [2.05, 4.69) is 26.0 Å². The van der Waals surface area contributed by atoms with Gasteiger partial charge < -0.3 is 4.89 Å². The van der Waals surface area contributed by atoms with E-state index in [1.165, 1.54) is 103 Å². The van der Waals surface area contributed by atoms with Crippen molar-refractivity contribution < 1.29 is 13.9 Å². The van der Waals surface area contributed by atoms with Crippen molar-refractivity contribution in [3.63, 3.8) is 0 Å². The molecule has 0 aromatic heterocycles. The SMILES string of the molecule is CCCCC/C=C\CCCCCCCCCCCCCCC(CCC)([P+](=O)[O-])[N+](C)(C)C. The van der Waals surface area contributed by atoms with Gasteiger partial charge in [-0.05, 0) is 38.5 Å². The first-order valence-corrected chi connectivity index (χ1v) is 15.1. The molecule has 0 amide bonds. The van der Waals surface area contributed by atoms with Crippen LogP contribution in [0.15, 0.2) is 12.2 Å². The van der Waals surface area contributed by atoms with Crippen LogP contribution in [0.1, 0.15) is 142 Å². The number of hydrogen-bond donors (Lipinski definition) is 0. The van der Waals surface area contributed by atoms with E-state index in [-0.39, 0.29) is 0 Å². The Morgan fingerprint density at radius 3 is 1.41 bits per heavy atom. The molecule has 0 radical (unpaired) electrons. The smallest absolute Gasteiger partial charge is 0.376 e. The van der Waals surface area contributed by atoms with Crippen molar-refractivity contribution in [3.05, 3.63) is 12.2 Å². The van der Waals surface area contributed by atoms with Crippen LogP contribution in [0.3, 0.4) is 0 Å². The fourth-order valence-electron chi connectivity index (χ4n) is 4.81. The lowest BCUT2D eigenvalue weighted by atomic mass is 9.99. The maximum Gasteiger partial charge on any atom is 0.376 e. The highest BCUT2D eigenvalue weighted by Gasteiger charge is 2.53. The van der Waals surface area contributed by atoms with Gasteiger partial charge in [0.25, 0.3) is 5.28 Å². The second kappa shape index (κ2) is 20.2. The van der Waals surface area contributed by atoms with E-state index in [1.807, 2.05) is 21.1 Å². The van der Waals surface area contributed by atoms with Crippen molar-refractivity contribution in [2.75, 3.05) is 21.1 Å². The summed E-state index contributed by atoms with van der Waals surface area (Å²) in [5, 5.41) is -0.588. The Morgan fingerprint density at radius 2 is 1.03 bits per heavy atom. The first kappa shape index (κ1) is 31.8. The standard InChI is InChI=1S/C28H57NO2P/c1-6-8-9-10-11-12-13-14-15-16-17-18-19-20-21-22-23-24-25-27-28(26-7-2,32(30)31)29(3,4)5/h11-12H,6-10,13-27H2,1-5H3/q+1/b12-11-. The molecule has 0 heterocycles. The van der Waals surface area contributed by atoms with Crippen LogP contribution < -0.4 is 4.89 Å². The normalized spacial score (nSPS) is 14.8. The topological polar surface area (TPSA) is 40.1 Å². The fraction of sp³-hybridized carbons (Fsp3) is 0.929. The highest BCUT2D eigenvalue weighted by Crippen LogP contribution is 2.45. The summed E-state index contributed by atoms with van der Waals surface area (Å²) < 4.78 is 12.6. The largest absolute Gasteiger partial charge is 0.590 e. The molecule has 2 unspecified atom stereocenters. The summed E-state index contributed by atoms with van der Waals surface area (Å²) in [6, 6.07) is 0. The van der Waals surface area contributed by atoms with Gasteiger partial charge in [0.15, 0.2) is 0 Å². The Kier molecular flexibility index (Phi) is 20.0. The molecule has 0 N–H and O–H groups in total. The molecule has 0 aromatic carbocycles. The zero-order chi connectivity index (χ0) is 24.1. The minimum absolute atomic E-state index is 0.523. The Hall–Kier alpha value is -0.240. The van der Waals surface area contributed by atoms with Crippen molar-refractivity contribution >= 4 is 8.03 Å². The van der Waals surface area contributed by atoms with Crippen LogP contribution in [0.5, 0.6) is 0 Å². The van der Waals surface area contributed by atoms with Crippen molar-refractivity contribution in [1.82, 2.24) is 0 Å². The molecule has 0 bridgehead atoms. The minimum atomic E-state index is -2.42. The summed E-state index contributed by atoms with van der Waals surface area (Å²) in [4.78, 5) is 12.1. The molecule has 0 saturated carbocycles. The van der Waals surface area contributed by atoms with Crippen LogP contribution >= 0.6 is 8.03 Å². The van der Waals surface area contributed by atoms with E-state index in [0.29, 0.717) is 4.48 Å². The number of quaternary nitrogens is 1. The summed E-state index contributed by atoms with van der Waals surface area (Å²) in [6.07, 6.45) is 29.6. The van der Waals surface area contributed by atoms with Gasteiger partial charge in [-0.25, -0.2) is 0 Å². The summed E-state index contributed by atoms with van der Waals surface area (Å²) in [5.74, 6) is 0. The fourth-order valence-corrected chi connectivity index (χ4v) is 6.05. The number of hydrogen-bond acceptors (Lipinski definition) is 2. The van der Waals surface area contributed by atoms with Gasteiger partial charge in [-0.15, -0.1) is 0 Å². The first-order chi connectivity index (χ1) is 15.3. The molecule has 190 valence electrons. The third-order valence-corrected chi connectivity index (χ3v) is 8.80. The van der Waals surface area contributed by atoms with E-state index in [1.54, 1.807) is 0 Å².